The van der Waals surface area contributed by atoms with Crippen LogP contribution in [0.2, 0.25) is 5.02 Å². The Kier molecular flexibility index (Phi) is 6.48. The fourth-order valence-corrected chi connectivity index (χ4v) is 2.70. The van der Waals surface area contributed by atoms with Crippen LogP contribution in [0.1, 0.15) is 18.1 Å². The number of nitrogen functional groups attached to an aromatic ring is 1. The van der Waals surface area contributed by atoms with Gasteiger partial charge in [-0.1, -0.05) is 11.6 Å². The number of hydrogen-bond donors (Lipinski definition) is 2. The van der Waals surface area contributed by atoms with E-state index in [2.05, 4.69) is 4.98 Å². The number of carbonyl (C=O) groups is 1. The number of esters is 1. The smallest absolute Gasteiger partial charge is 0.344 e. The number of hydrogen-bond acceptors (Lipinski definition) is 8. The molecular formula is C18H15ClN4O5. The molecule has 0 bridgehead atoms. The number of anilines is 1. The van der Waals surface area contributed by atoms with E-state index in [0.717, 1.165) is 0 Å². The average molecular weight is 403 g/mol. The molecule has 1 aromatic heterocycles. The summed E-state index contributed by atoms with van der Waals surface area (Å²) in [5.74, 6) is -0.473. The summed E-state index contributed by atoms with van der Waals surface area (Å²) in [4.78, 5) is 25.8. The standard InChI is InChI=1S/C18H15ClN4O5/c1-3-27-15(24)8-28-14-5-12(19)9(4-13(14)26-2)16-10(6-20)17(22)23-18(25)11(16)7-21/h4-5H,3,8H2,1-2H3,(H3,22,23,25). The van der Waals surface area contributed by atoms with Crippen LogP contribution >= 0.6 is 11.6 Å². The van der Waals surface area contributed by atoms with Crippen molar-refractivity contribution in [3.8, 4) is 34.8 Å². The van der Waals surface area contributed by atoms with Crippen molar-refractivity contribution in [1.29, 1.82) is 10.5 Å². The van der Waals surface area contributed by atoms with Gasteiger partial charge in [0, 0.05) is 17.2 Å². The second kappa shape index (κ2) is 8.80. The zero-order valence-corrected chi connectivity index (χ0v) is 15.7. The first kappa shape index (κ1) is 20.6. The molecule has 0 unspecified atom stereocenters. The summed E-state index contributed by atoms with van der Waals surface area (Å²) in [6.07, 6.45) is 0. The number of nitrogens with zero attached hydrogens (tertiary/aromatic N) is 2. The van der Waals surface area contributed by atoms with E-state index in [-0.39, 0.29) is 57.8 Å². The topological polar surface area (TPSA) is 151 Å². The molecule has 0 saturated heterocycles. The Morgan fingerprint density at radius 3 is 2.50 bits per heavy atom. The van der Waals surface area contributed by atoms with Crippen molar-refractivity contribution in [2.24, 2.45) is 0 Å². The molecule has 2 aromatic rings. The highest BCUT2D eigenvalue weighted by Crippen LogP contribution is 2.40. The number of rotatable bonds is 6. The molecule has 0 atom stereocenters. The normalized spacial score (nSPS) is 9.89. The number of carbonyl (C=O) groups excluding carboxylic acids is 1. The zero-order chi connectivity index (χ0) is 20.8. The molecule has 9 nitrogen and oxygen atoms in total. The van der Waals surface area contributed by atoms with Crippen LogP contribution in [0, 0.1) is 22.7 Å². The van der Waals surface area contributed by atoms with Crippen molar-refractivity contribution in [3.63, 3.8) is 0 Å². The van der Waals surface area contributed by atoms with Gasteiger partial charge >= 0.3 is 5.97 Å². The van der Waals surface area contributed by atoms with Gasteiger partial charge in [-0.05, 0) is 13.0 Å². The Bertz CT molecular complexity index is 1070. The van der Waals surface area contributed by atoms with Crippen LogP contribution in [-0.2, 0) is 9.53 Å². The van der Waals surface area contributed by atoms with Crippen molar-refractivity contribution in [2.75, 3.05) is 26.1 Å². The Morgan fingerprint density at radius 1 is 1.25 bits per heavy atom. The van der Waals surface area contributed by atoms with Crippen LogP contribution < -0.4 is 20.8 Å². The lowest BCUT2D eigenvalue weighted by atomic mass is 9.96. The van der Waals surface area contributed by atoms with Crippen LogP contribution in [0.15, 0.2) is 16.9 Å². The lowest BCUT2D eigenvalue weighted by molar-refractivity contribution is -0.145. The number of methoxy groups -OCH3 is 1. The first-order chi connectivity index (χ1) is 13.4. The maximum atomic E-state index is 12.1. The number of benzene rings is 1. The van der Waals surface area contributed by atoms with Crippen LogP contribution in [-0.4, -0.2) is 31.3 Å². The third kappa shape index (κ3) is 4.00. The predicted molar refractivity (Wildman–Crippen MR) is 100 cm³/mol. The highest BCUT2D eigenvalue weighted by Gasteiger charge is 2.22. The number of H-pyrrole nitrogens is 1. The van der Waals surface area contributed by atoms with Gasteiger partial charge in [0.25, 0.3) is 5.56 Å². The highest BCUT2D eigenvalue weighted by molar-refractivity contribution is 6.33. The Balaban J connectivity index is 2.64. The van der Waals surface area contributed by atoms with Crippen LogP contribution in [0.3, 0.4) is 0 Å². The zero-order valence-electron chi connectivity index (χ0n) is 15.0. The SMILES string of the molecule is CCOC(=O)COc1cc(Cl)c(-c2c(C#N)c(N)[nH]c(=O)c2C#N)cc1OC. The van der Waals surface area contributed by atoms with E-state index in [0.29, 0.717) is 0 Å². The summed E-state index contributed by atoms with van der Waals surface area (Å²) in [6, 6.07) is 6.34. The molecule has 0 radical (unpaired) electrons. The first-order valence-electron chi connectivity index (χ1n) is 7.90. The molecule has 0 amide bonds. The molecule has 2 rings (SSSR count). The van der Waals surface area contributed by atoms with E-state index in [1.165, 1.54) is 19.2 Å². The van der Waals surface area contributed by atoms with Crippen LogP contribution in [0.5, 0.6) is 11.5 Å². The number of ether oxygens (including phenoxy) is 3. The second-order valence-electron chi connectivity index (χ2n) is 5.29. The maximum Gasteiger partial charge on any atom is 0.344 e. The van der Waals surface area contributed by atoms with Crippen molar-refractivity contribution in [3.05, 3.63) is 38.6 Å². The molecule has 0 aliphatic heterocycles. The van der Waals surface area contributed by atoms with E-state index in [4.69, 9.17) is 31.5 Å². The van der Waals surface area contributed by atoms with Crippen molar-refractivity contribution >= 4 is 23.4 Å². The largest absolute Gasteiger partial charge is 0.493 e. The van der Waals surface area contributed by atoms with E-state index in [1.807, 2.05) is 6.07 Å². The van der Waals surface area contributed by atoms with Crippen molar-refractivity contribution < 1.29 is 19.0 Å². The molecule has 0 aliphatic rings. The molecular weight excluding hydrogens is 388 g/mol. The molecule has 0 fully saturated rings. The van der Waals surface area contributed by atoms with Gasteiger partial charge in [-0.3, -0.25) is 4.79 Å². The van der Waals surface area contributed by atoms with Gasteiger partial charge in [0.2, 0.25) is 0 Å². The van der Waals surface area contributed by atoms with Gasteiger partial charge in [-0.2, -0.15) is 10.5 Å². The van der Waals surface area contributed by atoms with Crippen LogP contribution in [0.4, 0.5) is 5.82 Å². The van der Waals surface area contributed by atoms with Gasteiger partial charge in [-0.15, -0.1) is 0 Å². The summed E-state index contributed by atoms with van der Waals surface area (Å²) < 4.78 is 15.4. The Morgan fingerprint density at radius 2 is 1.93 bits per heavy atom. The van der Waals surface area contributed by atoms with E-state index in [9.17, 15) is 20.1 Å². The lowest BCUT2D eigenvalue weighted by Gasteiger charge is -2.15. The van der Waals surface area contributed by atoms with E-state index < -0.39 is 11.5 Å². The minimum Gasteiger partial charge on any atom is -0.493 e. The fraction of sp³-hybridized carbons (Fsp3) is 0.222. The molecule has 0 aliphatic carbocycles. The van der Waals surface area contributed by atoms with Crippen LogP contribution in [0.25, 0.3) is 11.1 Å². The number of nitrogens with two attached hydrogens (primary N) is 1. The minimum absolute atomic E-state index is 0.0218. The number of nitrogens with one attached hydrogen (secondary N) is 1. The van der Waals surface area contributed by atoms with Gasteiger partial charge in [0.1, 0.15) is 29.1 Å². The number of halogens is 1. The predicted octanol–water partition coefficient (Wildman–Crippen LogP) is 1.97. The highest BCUT2D eigenvalue weighted by atomic mass is 35.5. The first-order valence-corrected chi connectivity index (χ1v) is 8.27. The number of aromatic nitrogens is 1. The molecule has 1 aromatic carbocycles. The van der Waals surface area contributed by atoms with Gasteiger partial charge in [0.05, 0.1) is 18.7 Å². The summed E-state index contributed by atoms with van der Waals surface area (Å²) in [5.41, 5.74) is 4.68. The second-order valence-corrected chi connectivity index (χ2v) is 5.70. The Labute approximate surface area is 164 Å². The van der Waals surface area contributed by atoms with Gasteiger partial charge < -0.3 is 24.9 Å². The Hall–Kier alpha value is -3.69. The number of aromatic amines is 1. The molecule has 0 saturated carbocycles. The number of pyridine rings is 1. The van der Waals surface area contributed by atoms with Gasteiger partial charge in [-0.25, -0.2) is 4.79 Å². The summed E-state index contributed by atoms with van der Waals surface area (Å²) in [6.45, 7) is 1.50. The van der Waals surface area contributed by atoms with Crippen molar-refractivity contribution in [2.45, 2.75) is 6.92 Å². The minimum atomic E-state index is -0.758. The molecule has 144 valence electrons. The third-order valence-electron chi connectivity index (χ3n) is 3.64. The molecule has 0 spiro atoms. The quantitative estimate of drug-likeness (QED) is 0.695. The third-order valence-corrected chi connectivity index (χ3v) is 3.95. The molecule has 3 N–H and O–H groups in total. The lowest BCUT2D eigenvalue weighted by Crippen LogP contribution is -2.16. The van der Waals surface area contributed by atoms with E-state index in [1.54, 1.807) is 13.0 Å². The van der Waals surface area contributed by atoms with Crippen molar-refractivity contribution in [1.82, 2.24) is 4.98 Å². The summed E-state index contributed by atoms with van der Waals surface area (Å²) >= 11 is 6.31. The van der Waals surface area contributed by atoms with Gasteiger partial charge in [0.15, 0.2) is 18.1 Å². The molecule has 1 heterocycles. The number of nitriles is 2. The molecule has 28 heavy (non-hydrogen) atoms. The fourth-order valence-electron chi connectivity index (χ4n) is 2.45. The van der Waals surface area contributed by atoms with E-state index >= 15 is 0 Å². The monoisotopic (exact) mass is 402 g/mol. The summed E-state index contributed by atoms with van der Waals surface area (Å²) in [7, 11) is 1.35. The molecule has 10 heteroatoms. The summed E-state index contributed by atoms with van der Waals surface area (Å²) in [5, 5.41) is 18.8. The average Bonchev–Trinajstić information content (AvgIpc) is 2.66. The maximum absolute atomic E-state index is 12.1.